The van der Waals surface area contributed by atoms with Crippen LogP contribution in [0.2, 0.25) is 0 Å². The molecule has 1 aromatic carbocycles. The highest BCUT2D eigenvalue weighted by Gasteiger charge is 2.32. The van der Waals surface area contributed by atoms with Crippen molar-refractivity contribution in [1.29, 1.82) is 0 Å². The van der Waals surface area contributed by atoms with Gasteiger partial charge in [0.1, 0.15) is 17.7 Å². The number of amidine groups is 1. The third-order valence-electron chi connectivity index (χ3n) is 5.13. The van der Waals surface area contributed by atoms with Crippen LogP contribution in [0.4, 0.5) is 5.69 Å². The molecule has 1 saturated heterocycles. The minimum atomic E-state index is -3.29. The molecule has 1 atom stereocenters. The number of pyridine rings is 1. The summed E-state index contributed by atoms with van der Waals surface area (Å²) in [4.78, 5) is 11.3. The Kier molecular flexibility index (Phi) is 7.42. The van der Waals surface area contributed by atoms with E-state index >= 15 is 0 Å². The standard InChI is InChI=1S/C21H28N3O4P/c1-26-19-11-9-18(10-12-19)23-21(16-29(25,27-2)28-3)24-14-5-4-8-20(24)17-7-6-13-22-15-17/h6-7,9-13,15,20H,4-5,8,14,16H2,1-3H3. The minimum absolute atomic E-state index is 0.1000. The van der Waals surface area contributed by atoms with Crippen LogP contribution in [0.1, 0.15) is 30.9 Å². The summed E-state index contributed by atoms with van der Waals surface area (Å²) in [5, 5.41) is 0. The first kappa shape index (κ1) is 21.5. The smallest absolute Gasteiger partial charge is 0.337 e. The van der Waals surface area contributed by atoms with E-state index in [1.807, 2.05) is 36.5 Å². The van der Waals surface area contributed by atoms with Crippen LogP contribution in [0.3, 0.4) is 0 Å². The number of nitrogens with zero attached hydrogens (tertiary/aromatic N) is 3. The van der Waals surface area contributed by atoms with Crippen molar-refractivity contribution < 1.29 is 18.3 Å². The number of methoxy groups -OCH3 is 1. The molecule has 1 fully saturated rings. The first-order valence-corrected chi connectivity index (χ1v) is 11.4. The summed E-state index contributed by atoms with van der Waals surface area (Å²) in [7, 11) is 1.15. The van der Waals surface area contributed by atoms with Gasteiger partial charge >= 0.3 is 7.60 Å². The van der Waals surface area contributed by atoms with Crippen molar-refractivity contribution in [3.63, 3.8) is 0 Å². The highest BCUT2D eigenvalue weighted by atomic mass is 31.2. The van der Waals surface area contributed by atoms with Gasteiger partial charge in [-0.25, -0.2) is 4.99 Å². The SMILES string of the molecule is COc1ccc(N=C(CP(=O)(OC)OC)N2CCCCC2c2cccnc2)cc1. The Balaban J connectivity index is 2.00. The molecule has 7 nitrogen and oxygen atoms in total. The highest BCUT2D eigenvalue weighted by molar-refractivity contribution is 7.54. The van der Waals surface area contributed by atoms with Crippen molar-refractivity contribution in [2.24, 2.45) is 4.99 Å². The summed E-state index contributed by atoms with van der Waals surface area (Å²) in [5.41, 5.74) is 1.88. The first-order valence-electron chi connectivity index (χ1n) is 9.67. The van der Waals surface area contributed by atoms with Gasteiger partial charge < -0.3 is 18.7 Å². The lowest BCUT2D eigenvalue weighted by atomic mass is 9.96. The van der Waals surface area contributed by atoms with Crippen molar-refractivity contribution >= 4 is 19.1 Å². The number of aliphatic imine (C=N–C) groups is 1. The molecule has 0 bridgehead atoms. The molecule has 0 amide bonds. The third-order valence-corrected chi connectivity index (χ3v) is 6.91. The second-order valence-corrected chi connectivity index (χ2v) is 9.12. The summed E-state index contributed by atoms with van der Waals surface area (Å²) in [6, 6.07) is 11.6. The van der Waals surface area contributed by atoms with Crippen molar-refractivity contribution in [1.82, 2.24) is 9.88 Å². The van der Waals surface area contributed by atoms with E-state index in [9.17, 15) is 4.57 Å². The molecule has 1 aliphatic rings. The maximum Gasteiger partial charge on any atom is 0.337 e. The molecule has 1 aromatic heterocycles. The van der Waals surface area contributed by atoms with Crippen LogP contribution < -0.4 is 4.74 Å². The lowest BCUT2D eigenvalue weighted by Gasteiger charge is -2.38. The van der Waals surface area contributed by atoms with Gasteiger partial charge in [-0.05, 0) is 55.2 Å². The zero-order valence-corrected chi connectivity index (χ0v) is 18.0. The van der Waals surface area contributed by atoms with E-state index in [0.717, 1.165) is 42.8 Å². The number of aromatic nitrogens is 1. The average Bonchev–Trinajstić information content (AvgIpc) is 2.79. The van der Waals surface area contributed by atoms with E-state index in [-0.39, 0.29) is 12.2 Å². The van der Waals surface area contributed by atoms with Crippen LogP contribution in [0.5, 0.6) is 5.75 Å². The van der Waals surface area contributed by atoms with Gasteiger partial charge in [0.15, 0.2) is 0 Å². The van der Waals surface area contributed by atoms with E-state index in [2.05, 4.69) is 16.0 Å². The summed E-state index contributed by atoms with van der Waals surface area (Å²) in [6.45, 7) is 0.821. The van der Waals surface area contributed by atoms with Crippen molar-refractivity contribution in [2.45, 2.75) is 25.3 Å². The lowest BCUT2D eigenvalue weighted by Crippen LogP contribution is -2.40. The van der Waals surface area contributed by atoms with Crippen molar-refractivity contribution in [3.8, 4) is 5.75 Å². The Morgan fingerprint density at radius 2 is 1.93 bits per heavy atom. The van der Waals surface area contributed by atoms with Crippen LogP contribution in [0, 0.1) is 0 Å². The maximum atomic E-state index is 13.0. The quantitative estimate of drug-likeness (QED) is 0.365. The van der Waals surface area contributed by atoms with Crippen LogP contribution in [0.25, 0.3) is 0 Å². The zero-order chi connectivity index (χ0) is 20.7. The molecule has 2 heterocycles. The largest absolute Gasteiger partial charge is 0.497 e. The molecule has 0 aliphatic carbocycles. The number of likely N-dealkylation sites (tertiary alicyclic amines) is 1. The van der Waals surface area contributed by atoms with E-state index in [0.29, 0.717) is 5.84 Å². The van der Waals surface area contributed by atoms with Gasteiger partial charge in [0.2, 0.25) is 0 Å². The number of piperidine rings is 1. The fraction of sp³-hybridized carbons (Fsp3) is 0.429. The number of hydrogen-bond donors (Lipinski definition) is 0. The van der Waals surface area contributed by atoms with E-state index in [4.69, 9.17) is 18.8 Å². The normalized spacial score (nSPS) is 18.0. The molecule has 0 saturated carbocycles. The molecule has 1 unspecified atom stereocenters. The molecule has 2 aromatic rings. The number of benzene rings is 1. The second-order valence-electron chi connectivity index (χ2n) is 6.85. The Bertz CT molecular complexity index is 850. The number of ether oxygens (including phenoxy) is 1. The number of hydrogen-bond acceptors (Lipinski definition) is 6. The summed E-state index contributed by atoms with van der Waals surface area (Å²) >= 11 is 0. The predicted octanol–water partition coefficient (Wildman–Crippen LogP) is 4.83. The van der Waals surface area contributed by atoms with Crippen molar-refractivity contribution in [3.05, 3.63) is 54.4 Å². The van der Waals surface area contributed by atoms with E-state index in [1.165, 1.54) is 14.2 Å². The summed E-state index contributed by atoms with van der Waals surface area (Å²) in [6.07, 6.45) is 6.91. The topological polar surface area (TPSA) is 73.2 Å². The van der Waals surface area contributed by atoms with Gasteiger partial charge in [0.25, 0.3) is 0 Å². The van der Waals surface area contributed by atoms with Gasteiger partial charge in [0.05, 0.1) is 18.8 Å². The molecular formula is C21H28N3O4P. The van der Waals surface area contributed by atoms with Crippen LogP contribution >= 0.6 is 7.60 Å². The molecule has 0 spiro atoms. The molecule has 29 heavy (non-hydrogen) atoms. The Labute approximate surface area is 172 Å². The monoisotopic (exact) mass is 417 g/mol. The van der Waals surface area contributed by atoms with Gasteiger partial charge in [-0.1, -0.05) is 6.07 Å². The molecular weight excluding hydrogens is 389 g/mol. The van der Waals surface area contributed by atoms with E-state index < -0.39 is 7.60 Å². The molecule has 0 radical (unpaired) electrons. The second kappa shape index (κ2) is 10.0. The maximum absolute atomic E-state index is 13.0. The van der Waals surface area contributed by atoms with Gasteiger partial charge in [-0.15, -0.1) is 0 Å². The number of rotatable bonds is 7. The molecule has 3 rings (SSSR count). The van der Waals surface area contributed by atoms with Crippen molar-refractivity contribution in [2.75, 3.05) is 34.0 Å². The Morgan fingerprint density at radius 3 is 2.55 bits per heavy atom. The summed E-state index contributed by atoms with van der Waals surface area (Å²) in [5.74, 6) is 1.45. The average molecular weight is 417 g/mol. The molecule has 0 N–H and O–H groups in total. The molecule has 8 heteroatoms. The fourth-order valence-corrected chi connectivity index (χ4v) is 4.54. The Morgan fingerprint density at radius 1 is 1.17 bits per heavy atom. The van der Waals surface area contributed by atoms with Crippen LogP contribution in [-0.2, 0) is 13.6 Å². The predicted molar refractivity (Wildman–Crippen MR) is 114 cm³/mol. The lowest BCUT2D eigenvalue weighted by molar-refractivity contribution is 0.239. The zero-order valence-electron chi connectivity index (χ0n) is 17.2. The first-order chi connectivity index (χ1) is 14.1. The minimum Gasteiger partial charge on any atom is -0.497 e. The van der Waals surface area contributed by atoms with E-state index in [1.54, 1.807) is 13.3 Å². The Hall–Kier alpha value is -2.21. The van der Waals surface area contributed by atoms with Gasteiger partial charge in [-0.3, -0.25) is 9.55 Å². The van der Waals surface area contributed by atoms with Gasteiger partial charge in [0, 0.05) is 33.2 Å². The fourth-order valence-electron chi connectivity index (χ4n) is 3.53. The molecule has 156 valence electrons. The highest BCUT2D eigenvalue weighted by Crippen LogP contribution is 2.47. The molecule has 1 aliphatic heterocycles. The van der Waals surface area contributed by atoms with Crippen LogP contribution in [-0.4, -0.2) is 49.8 Å². The third kappa shape index (κ3) is 5.44. The van der Waals surface area contributed by atoms with Gasteiger partial charge in [-0.2, -0.15) is 0 Å². The summed E-state index contributed by atoms with van der Waals surface area (Å²) < 4.78 is 28.6. The van der Waals surface area contributed by atoms with Crippen LogP contribution in [0.15, 0.2) is 53.8 Å².